The lowest BCUT2D eigenvalue weighted by molar-refractivity contribution is -0.129. The van der Waals surface area contributed by atoms with Crippen molar-refractivity contribution in [3.63, 3.8) is 0 Å². The smallest absolute Gasteiger partial charge is 0.363 e. The maximum Gasteiger partial charge on any atom is 0.363 e. The van der Waals surface area contributed by atoms with Crippen LogP contribution in [-0.2, 0) is 9.53 Å². The Hall–Kier alpha value is -3.99. The van der Waals surface area contributed by atoms with Gasteiger partial charge in [0.15, 0.2) is 5.70 Å². The molecule has 3 aromatic carbocycles. The van der Waals surface area contributed by atoms with Crippen LogP contribution in [0, 0.1) is 0 Å². The molecule has 0 atom stereocenters. The van der Waals surface area contributed by atoms with Gasteiger partial charge in [0.1, 0.15) is 0 Å². The number of ether oxygens (including phenoxy) is 1. The minimum absolute atomic E-state index is 0.0974. The third-order valence-corrected chi connectivity index (χ3v) is 5.01. The van der Waals surface area contributed by atoms with Crippen molar-refractivity contribution in [2.45, 2.75) is 6.92 Å². The van der Waals surface area contributed by atoms with Crippen molar-refractivity contribution in [2.24, 2.45) is 4.99 Å². The molecule has 5 rings (SSSR count). The van der Waals surface area contributed by atoms with Crippen molar-refractivity contribution >= 4 is 45.5 Å². The molecule has 0 N–H and O–H groups in total. The highest BCUT2D eigenvalue weighted by molar-refractivity contribution is 6.17. The number of aliphatic imine (C=N–C) groups is 1. The van der Waals surface area contributed by atoms with Gasteiger partial charge in [-0.2, -0.15) is 0 Å². The summed E-state index contributed by atoms with van der Waals surface area (Å²) in [5.41, 5.74) is 2.51. The van der Waals surface area contributed by atoms with Crippen LogP contribution in [0.2, 0.25) is 0 Å². The van der Waals surface area contributed by atoms with E-state index in [1.165, 1.54) is 6.92 Å². The molecule has 0 aliphatic carbocycles. The molecule has 4 aromatic rings. The largest absolute Gasteiger partial charge is 0.402 e. The van der Waals surface area contributed by atoms with E-state index in [4.69, 9.17) is 4.74 Å². The van der Waals surface area contributed by atoms with Crippen LogP contribution in [0.3, 0.4) is 0 Å². The van der Waals surface area contributed by atoms with Crippen LogP contribution in [0.5, 0.6) is 0 Å². The maximum atomic E-state index is 12.5. The van der Waals surface area contributed by atoms with Gasteiger partial charge >= 0.3 is 5.97 Å². The molecule has 0 spiro atoms. The average Bonchev–Trinajstić information content (AvgIpc) is 3.29. The highest BCUT2D eigenvalue weighted by Crippen LogP contribution is 2.28. The predicted octanol–water partition coefficient (Wildman–Crippen LogP) is 4.80. The molecule has 0 amide bonds. The van der Waals surface area contributed by atoms with E-state index in [9.17, 15) is 9.59 Å². The molecule has 140 valence electrons. The molecule has 1 aliphatic rings. The first kappa shape index (κ1) is 17.1. The average molecular weight is 380 g/mol. The number of para-hydroxylation sites is 1. The molecule has 0 saturated carbocycles. The zero-order valence-electron chi connectivity index (χ0n) is 15.6. The number of esters is 1. The Morgan fingerprint density at radius 2 is 1.69 bits per heavy atom. The minimum atomic E-state index is -0.507. The van der Waals surface area contributed by atoms with Crippen molar-refractivity contribution in [1.29, 1.82) is 0 Å². The van der Waals surface area contributed by atoms with E-state index in [0.717, 1.165) is 32.8 Å². The zero-order chi connectivity index (χ0) is 20.0. The molecule has 29 heavy (non-hydrogen) atoms. The molecule has 2 heterocycles. The predicted molar refractivity (Wildman–Crippen MR) is 113 cm³/mol. The topological polar surface area (TPSA) is 60.7 Å². The Labute approximate surface area is 166 Å². The second kappa shape index (κ2) is 6.56. The van der Waals surface area contributed by atoms with Crippen LogP contribution in [-0.4, -0.2) is 22.3 Å². The highest BCUT2D eigenvalue weighted by Gasteiger charge is 2.26. The number of fused-ring (bicyclic) bond motifs is 2. The summed E-state index contributed by atoms with van der Waals surface area (Å²) >= 11 is 0. The Kier molecular flexibility index (Phi) is 3.88. The fourth-order valence-electron chi connectivity index (χ4n) is 3.67. The van der Waals surface area contributed by atoms with Crippen LogP contribution in [0.15, 0.2) is 83.6 Å². The number of aromatic nitrogens is 1. The summed E-state index contributed by atoms with van der Waals surface area (Å²) in [7, 11) is 0. The van der Waals surface area contributed by atoms with E-state index < -0.39 is 5.97 Å². The molecular formula is C24H16N2O3. The summed E-state index contributed by atoms with van der Waals surface area (Å²) in [6.45, 7) is 1.50. The zero-order valence-corrected chi connectivity index (χ0v) is 15.6. The minimum Gasteiger partial charge on any atom is -0.402 e. The second-order valence-electron chi connectivity index (χ2n) is 6.85. The van der Waals surface area contributed by atoms with Gasteiger partial charge in [-0.1, -0.05) is 54.6 Å². The van der Waals surface area contributed by atoms with E-state index in [-0.39, 0.29) is 17.5 Å². The monoisotopic (exact) mass is 380 g/mol. The van der Waals surface area contributed by atoms with Crippen molar-refractivity contribution in [1.82, 2.24) is 4.57 Å². The Morgan fingerprint density at radius 1 is 0.966 bits per heavy atom. The summed E-state index contributed by atoms with van der Waals surface area (Å²) in [6.07, 6.45) is 3.39. The van der Waals surface area contributed by atoms with Crippen molar-refractivity contribution in [3.8, 4) is 0 Å². The summed E-state index contributed by atoms with van der Waals surface area (Å²) < 4.78 is 7.04. The third kappa shape index (κ3) is 2.84. The summed E-state index contributed by atoms with van der Waals surface area (Å²) in [5.74, 6) is -0.319. The standard InChI is InChI=1S/C24H16N2O3/c1-15(27)26-14-17(19-10-4-5-12-22(19)26)13-21-24(28)29-23(25-21)20-11-6-8-16-7-2-3-9-18(16)20/h2-14H,1H3. The number of hydrogen-bond donors (Lipinski definition) is 0. The van der Waals surface area contributed by atoms with Crippen molar-refractivity contribution in [3.05, 3.63) is 89.8 Å². The lowest BCUT2D eigenvalue weighted by Crippen LogP contribution is -2.05. The van der Waals surface area contributed by atoms with Gasteiger partial charge in [0.05, 0.1) is 5.52 Å². The first-order valence-corrected chi connectivity index (χ1v) is 9.23. The molecule has 5 nitrogen and oxygen atoms in total. The van der Waals surface area contributed by atoms with Gasteiger partial charge in [0, 0.05) is 29.6 Å². The Morgan fingerprint density at radius 3 is 2.52 bits per heavy atom. The van der Waals surface area contributed by atoms with Crippen LogP contribution in [0.4, 0.5) is 0 Å². The second-order valence-corrected chi connectivity index (χ2v) is 6.85. The summed E-state index contributed by atoms with van der Waals surface area (Å²) in [5, 5.41) is 2.89. The number of nitrogens with zero attached hydrogens (tertiary/aromatic N) is 2. The number of rotatable bonds is 2. The molecule has 1 aliphatic heterocycles. The van der Waals surface area contributed by atoms with Gasteiger partial charge in [-0.15, -0.1) is 0 Å². The molecular weight excluding hydrogens is 364 g/mol. The fraction of sp³-hybridized carbons (Fsp3) is 0.0417. The van der Waals surface area contributed by atoms with E-state index in [0.29, 0.717) is 0 Å². The molecule has 0 radical (unpaired) electrons. The number of carbonyl (C=O) groups excluding carboxylic acids is 2. The van der Waals surface area contributed by atoms with Crippen LogP contribution in [0.1, 0.15) is 22.8 Å². The fourth-order valence-corrected chi connectivity index (χ4v) is 3.67. The van der Waals surface area contributed by atoms with Crippen LogP contribution >= 0.6 is 0 Å². The van der Waals surface area contributed by atoms with Gasteiger partial charge in [-0.3, -0.25) is 9.36 Å². The number of hydrogen-bond acceptors (Lipinski definition) is 4. The Balaban J connectivity index is 1.63. The molecule has 1 aromatic heterocycles. The maximum absolute atomic E-state index is 12.5. The van der Waals surface area contributed by atoms with E-state index >= 15 is 0 Å². The SMILES string of the molecule is CC(=O)n1cc(C=C2N=C(c3cccc4ccccc34)OC2=O)c2ccccc21. The Bertz CT molecular complexity index is 1370. The molecule has 5 heteroatoms. The summed E-state index contributed by atoms with van der Waals surface area (Å²) in [4.78, 5) is 28.9. The normalized spacial score (nSPS) is 15.1. The molecule has 0 saturated heterocycles. The lowest BCUT2D eigenvalue weighted by Gasteiger charge is -2.04. The van der Waals surface area contributed by atoms with Crippen molar-refractivity contribution < 1.29 is 14.3 Å². The third-order valence-electron chi connectivity index (χ3n) is 5.01. The van der Waals surface area contributed by atoms with E-state index in [2.05, 4.69) is 4.99 Å². The van der Waals surface area contributed by atoms with Gasteiger partial charge in [-0.05, 0) is 29.0 Å². The first-order valence-electron chi connectivity index (χ1n) is 9.23. The number of cyclic esters (lactones) is 1. The first-order chi connectivity index (χ1) is 14.1. The van der Waals surface area contributed by atoms with E-state index in [1.807, 2.05) is 66.7 Å². The van der Waals surface area contributed by atoms with Gasteiger partial charge in [-0.25, -0.2) is 9.79 Å². The van der Waals surface area contributed by atoms with Gasteiger partial charge < -0.3 is 4.74 Å². The van der Waals surface area contributed by atoms with Crippen LogP contribution < -0.4 is 0 Å². The van der Waals surface area contributed by atoms with Gasteiger partial charge in [0.25, 0.3) is 0 Å². The van der Waals surface area contributed by atoms with Gasteiger partial charge in [0.2, 0.25) is 11.8 Å². The molecule has 0 fully saturated rings. The number of carbonyl (C=O) groups is 2. The molecule has 0 bridgehead atoms. The number of benzene rings is 3. The van der Waals surface area contributed by atoms with E-state index in [1.54, 1.807) is 16.8 Å². The highest BCUT2D eigenvalue weighted by atomic mass is 16.6. The molecule has 0 unspecified atom stereocenters. The van der Waals surface area contributed by atoms with Crippen LogP contribution in [0.25, 0.3) is 27.8 Å². The quantitative estimate of drug-likeness (QED) is 0.371. The summed E-state index contributed by atoms with van der Waals surface area (Å²) in [6, 6.07) is 21.2. The van der Waals surface area contributed by atoms with Crippen molar-refractivity contribution in [2.75, 3.05) is 0 Å². The lowest BCUT2D eigenvalue weighted by atomic mass is 10.0.